The number of benzene rings is 4. The Hall–Kier alpha value is -4.74. The summed E-state index contributed by atoms with van der Waals surface area (Å²) in [5.41, 5.74) is 1.69. The minimum atomic E-state index is -3.94. The predicted octanol–water partition coefficient (Wildman–Crippen LogP) is 4.93. The van der Waals surface area contributed by atoms with Crippen LogP contribution in [0.3, 0.4) is 0 Å². The Morgan fingerprint density at radius 1 is 0.864 bits per heavy atom. The molecule has 0 bridgehead atoms. The SMILES string of the molecule is COCCCNC(=O)C(c1ccccc1)N(Cc1ccccc1)C(=O)COc1ccc(S(=O)(=O)Nc2ccc(F)cc2)cc1. The van der Waals surface area contributed by atoms with Gasteiger partial charge in [-0.2, -0.15) is 0 Å². The number of sulfonamides is 1. The van der Waals surface area contributed by atoms with Gasteiger partial charge in [0.05, 0.1) is 4.90 Å². The van der Waals surface area contributed by atoms with Crippen LogP contribution in [0.15, 0.2) is 114 Å². The van der Waals surface area contributed by atoms with Crippen molar-refractivity contribution in [3.8, 4) is 5.75 Å². The summed E-state index contributed by atoms with van der Waals surface area (Å²) in [6.07, 6.45) is 0.616. The predicted molar refractivity (Wildman–Crippen MR) is 165 cm³/mol. The van der Waals surface area contributed by atoms with Crippen molar-refractivity contribution < 1.29 is 31.9 Å². The fraction of sp³-hybridized carbons (Fsp3) is 0.212. The van der Waals surface area contributed by atoms with Gasteiger partial charge in [-0.1, -0.05) is 60.7 Å². The zero-order valence-corrected chi connectivity index (χ0v) is 25.0. The van der Waals surface area contributed by atoms with Crippen LogP contribution in [0.4, 0.5) is 10.1 Å². The van der Waals surface area contributed by atoms with Crippen LogP contribution in [0, 0.1) is 5.82 Å². The van der Waals surface area contributed by atoms with Gasteiger partial charge in [0.25, 0.3) is 15.9 Å². The number of hydrogen-bond donors (Lipinski definition) is 2. The smallest absolute Gasteiger partial charge is 0.261 e. The zero-order valence-electron chi connectivity index (χ0n) is 24.2. The van der Waals surface area contributed by atoms with Gasteiger partial charge >= 0.3 is 0 Å². The number of halogens is 1. The molecular weight excluding hydrogens is 585 g/mol. The van der Waals surface area contributed by atoms with E-state index in [1.54, 1.807) is 19.2 Å². The number of carbonyl (C=O) groups is 2. The molecule has 2 amide bonds. The fourth-order valence-electron chi connectivity index (χ4n) is 4.41. The van der Waals surface area contributed by atoms with Gasteiger partial charge < -0.3 is 19.7 Å². The lowest BCUT2D eigenvalue weighted by Crippen LogP contribution is -2.45. The number of methoxy groups -OCH3 is 1. The normalized spacial score (nSPS) is 11.8. The molecular formula is C33H34FN3O6S. The van der Waals surface area contributed by atoms with Gasteiger partial charge in [-0.15, -0.1) is 0 Å². The third kappa shape index (κ3) is 9.13. The molecule has 4 rings (SSSR count). The standard InChI is InChI=1S/C33H34FN3O6S/c1-42-22-8-21-35-33(39)32(26-11-6-3-7-12-26)37(23-25-9-4-2-5-10-25)31(38)24-43-29-17-19-30(20-18-29)44(40,41)36-28-15-13-27(34)14-16-28/h2-7,9-20,32,36H,8,21-24H2,1H3,(H,35,39). The molecule has 0 fully saturated rings. The number of rotatable bonds is 15. The Bertz CT molecular complexity index is 1600. The van der Waals surface area contributed by atoms with E-state index in [0.29, 0.717) is 25.1 Å². The van der Waals surface area contributed by atoms with Crippen molar-refractivity contribution in [3.05, 3.63) is 126 Å². The number of ether oxygens (including phenoxy) is 2. The Morgan fingerprint density at radius 3 is 2.14 bits per heavy atom. The van der Waals surface area contributed by atoms with Gasteiger partial charge in [0.1, 0.15) is 17.6 Å². The van der Waals surface area contributed by atoms with E-state index in [1.165, 1.54) is 41.3 Å². The van der Waals surface area contributed by atoms with Gasteiger partial charge in [0.15, 0.2) is 6.61 Å². The molecule has 11 heteroatoms. The van der Waals surface area contributed by atoms with E-state index in [4.69, 9.17) is 9.47 Å². The maximum absolute atomic E-state index is 13.7. The van der Waals surface area contributed by atoms with Crippen molar-refractivity contribution in [2.75, 3.05) is 31.6 Å². The number of anilines is 1. The molecule has 4 aromatic carbocycles. The van der Waals surface area contributed by atoms with Gasteiger partial charge in [-0.25, -0.2) is 12.8 Å². The quantitative estimate of drug-likeness (QED) is 0.183. The van der Waals surface area contributed by atoms with Gasteiger partial charge in [-0.05, 0) is 66.1 Å². The summed E-state index contributed by atoms with van der Waals surface area (Å²) < 4.78 is 51.9. The van der Waals surface area contributed by atoms with E-state index >= 15 is 0 Å². The number of amides is 2. The lowest BCUT2D eigenvalue weighted by molar-refractivity contribution is -0.143. The molecule has 0 heterocycles. The molecule has 4 aromatic rings. The molecule has 9 nitrogen and oxygen atoms in total. The largest absolute Gasteiger partial charge is 0.484 e. The monoisotopic (exact) mass is 619 g/mol. The highest BCUT2D eigenvalue weighted by Gasteiger charge is 2.31. The number of nitrogens with one attached hydrogen (secondary N) is 2. The molecule has 2 N–H and O–H groups in total. The van der Waals surface area contributed by atoms with Crippen LogP contribution in [0.2, 0.25) is 0 Å². The van der Waals surface area contributed by atoms with Crippen LogP contribution < -0.4 is 14.8 Å². The van der Waals surface area contributed by atoms with Crippen LogP contribution in [0.5, 0.6) is 5.75 Å². The van der Waals surface area contributed by atoms with E-state index in [0.717, 1.165) is 17.7 Å². The lowest BCUT2D eigenvalue weighted by atomic mass is 10.0. The Morgan fingerprint density at radius 2 is 1.50 bits per heavy atom. The third-order valence-electron chi connectivity index (χ3n) is 6.61. The van der Waals surface area contributed by atoms with Crippen molar-refractivity contribution in [1.29, 1.82) is 0 Å². The molecule has 0 saturated carbocycles. The van der Waals surface area contributed by atoms with Crippen molar-refractivity contribution >= 4 is 27.5 Å². The highest BCUT2D eigenvalue weighted by atomic mass is 32.2. The van der Waals surface area contributed by atoms with Crippen molar-refractivity contribution in [1.82, 2.24) is 10.2 Å². The lowest BCUT2D eigenvalue weighted by Gasteiger charge is -2.31. The molecule has 44 heavy (non-hydrogen) atoms. The van der Waals surface area contributed by atoms with Crippen LogP contribution in [-0.2, 0) is 30.9 Å². The number of carbonyl (C=O) groups excluding carboxylic acids is 2. The maximum Gasteiger partial charge on any atom is 0.261 e. The molecule has 0 saturated heterocycles. The molecule has 0 radical (unpaired) electrons. The van der Waals surface area contributed by atoms with Crippen molar-refractivity contribution in [2.45, 2.75) is 23.9 Å². The van der Waals surface area contributed by atoms with Crippen LogP contribution in [0.25, 0.3) is 0 Å². The molecule has 0 aliphatic heterocycles. The van der Waals surface area contributed by atoms with E-state index in [9.17, 15) is 22.4 Å². The Labute approximate surface area is 256 Å². The molecule has 1 unspecified atom stereocenters. The molecule has 0 aliphatic rings. The maximum atomic E-state index is 13.7. The van der Waals surface area contributed by atoms with Crippen molar-refractivity contribution in [2.24, 2.45) is 0 Å². The van der Waals surface area contributed by atoms with E-state index in [2.05, 4.69) is 10.0 Å². The van der Waals surface area contributed by atoms with Gasteiger partial charge in [-0.3, -0.25) is 14.3 Å². The summed E-state index contributed by atoms with van der Waals surface area (Å²) in [4.78, 5) is 28.7. The summed E-state index contributed by atoms with van der Waals surface area (Å²) in [5.74, 6) is -0.993. The second-order valence-electron chi connectivity index (χ2n) is 9.83. The fourth-order valence-corrected chi connectivity index (χ4v) is 5.47. The molecule has 0 aliphatic carbocycles. The Kier molecular flexibility index (Phi) is 11.4. The highest BCUT2D eigenvalue weighted by molar-refractivity contribution is 7.92. The second kappa shape index (κ2) is 15.6. The molecule has 1 atom stereocenters. The summed E-state index contributed by atoms with van der Waals surface area (Å²) in [5, 5.41) is 2.92. The first-order chi connectivity index (χ1) is 21.3. The summed E-state index contributed by atoms with van der Waals surface area (Å²) >= 11 is 0. The van der Waals surface area contributed by atoms with E-state index in [1.807, 2.05) is 48.5 Å². The van der Waals surface area contributed by atoms with Gasteiger partial charge in [0.2, 0.25) is 5.91 Å². The summed E-state index contributed by atoms with van der Waals surface area (Å²) in [6, 6.07) is 27.9. The molecule has 0 aromatic heterocycles. The third-order valence-corrected chi connectivity index (χ3v) is 8.01. The van der Waals surface area contributed by atoms with E-state index < -0.39 is 34.4 Å². The van der Waals surface area contributed by atoms with Crippen LogP contribution >= 0.6 is 0 Å². The minimum Gasteiger partial charge on any atom is -0.484 e. The minimum absolute atomic E-state index is 0.0412. The molecule has 0 spiro atoms. The first kappa shape index (κ1) is 32.2. The zero-order chi connectivity index (χ0) is 31.4. The topological polar surface area (TPSA) is 114 Å². The van der Waals surface area contributed by atoms with E-state index in [-0.39, 0.29) is 28.8 Å². The highest BCUT2D eigenvalue weighted by Crippen LogP contribution is 2.25. The average Bonchev–Trinajstić information content (AvgIpc) is 3.04. The molecule has 230 valence electrons. The van der Waals surface area contributed by atoms with Crippen molar-refractivity contribution in [3.63, 3.8) is 0 Å². The summed E-state index contributed by atoms with van der Waals surface area (Å²) in [6.45, 7) is 0.623. The first-order valence-electron chi connectivity index (χ1n) is 13.9. The van der Waals surface area contributed by atoms with Crippen LogP contribution in [0.1, 0.15) is 23.6 Å². The average molecular weight is 620 g/mol. The second-order valence-corrected chi connectivity index (χ2v) is 11.5. The van der Waals surface area contributed by atoms with Gasteiger partial charge in [0, 0.05) is 32.5 Å². The summed E-state index contributed by atoms with van der Waals surface area (Å²) in [7, 11) is -2.35. The number of hydrogen-bond acceptors (Lipinski definition) is 6. The number of nitrogens with zero attached hydrogens (tertiary/aromatic N) is 1. The Balaban J connectivity index is 1.51. The van der Waals surface area contributed by atoms with Crippen LogP contribution in [-0.4, -0.2) is 52.0 Å². The first-order valence-corrected chi connectivity index (χ1v) is 15.4.